The highest BCUT2D eigenvalue weighted by Gasteiger charge is 2.20. The van der Waals surface area contributed by atoms with Gasteiger partial charge in [-0.2, -0.15) is 0 Å². The minimum absolute atomic E-state index is 0.382. The van der Waals surface area contributed by atoms with Crippen molar-refractivity contribution in [2.45, 2.75) is 37.6 Å². The van der Waals surface area contributed by atoms with Gasteiger partial charge >= 0.3 is 0 Å². The summed E-state index contributed by atoms with van der Waals surface area (Å²) in [7, 11) is 0. The summed E-state index contributed by atoms with van der Waals surface area (Å²) in [6, 6.07) is 8.57. The van der Waals surface area contributed by atoms with Gasteiger partial charge in [-0.3, -0.25) is 0 Å². The first-order valence-corrected chi connectivity index (χ1v) is 5.64. The summed E-state index contributed by atoms with van der Waals surface area (Å²) in [4.78, 5) is 0. The zero-order chi connectivity index (χ0) is 9.97. The molecule has 0 aliphatic heterocycles. The molecular weight excluding hydrogens is 194 g/mol. The average molecular weight is 210 g/mol. The van der Waals surface area contributed by atoms with E-state index in [1.807, 2.05) is 12.1 Å². The fourth-order valence-corrected chi connectivity index (χ4v) is 2.49. The van der Waals surface area contributed by atoms with Crippen molar-refractivity contribution in [2.75, 3.05) is 0 Å². The van der Waals surface area contributed by atoms with Crippen LogP contribution in [0.5, 0.6) is 0 Å². The van der Waals surface area contributed by atoms with Crippen LogP contribution in [0.15, 0.2) is 24.3 Å². The van der Waals surface area contributed by atoms with E-state index in [1.165, 1.54) is 24.8 Å². The summed E-state index contributed by atoms with van der Waals surface area (Å²) in [6.07, 6.45) is 4.80. The van der Waals surface area contributed by atoms with Gasteiger partial charge in [0.05, 0.1) is 0 Å². The van der Waals surface area contributed by atoms with E-state index in [4.69, 9.17) is 17.3 Å². The van der Waals surface area contributed by atoms with Gasteiger partial charge in [-0.05, 0) is 42.9 Å². The van der Waals surface area contributed by atoms with E-state index in [0.717, 1.165) is 11.4 Å². The van der Waals surface area contributed by atoms with Crippen LogP contribution >= 0.6 is 11.6 Å². The molecule has 0 aromatic heterocycles. The summed E-state index contributed by atoms with van der Waals surface area (Å²) < 4.78 is 0. The lowest BCUT2D eigenvalue weighted by molar-refractivity contribution is 0.393. The Bertz CT molecular complexity index is 311. The quantitative estimate of drug-likeness (QED) is 0.755. The van der Waals surface area contributed by atoms with E-state index >= 15 is 0 Å². The molecule has 1 fully saturated rings. The lowest BCUT2D eigenvalue weighted by atomic mass is 9.82. The first-order valence-electron chi connectivity index (χ1n) is 5.27. The van der Waals surface area contributed by atoms with Gasteiger partial charge in [-0.1, -0.05) is 30.2 Å². The predicted molar refractivity (Wildman–Crippen MR) is 60.6 cm³/mol. The van der Waals surface area contributed by atoms with Crippen molar-refractivity contribution in [1.82, 2.24) is 0 Å². The van der Waals surface area contributed by atoms with Crippen molar-refractivity contribution < 1.29 is 0 Å². The molecule has 76 valence electrons. The van der Waals surface area contributed by atoms with Crippen LogP contribution in [0.4, 0.5) is 0 Å². The van der Waals surface area contributed by atoms with Crippen molar-refractivity contribution in [3.8, 4) is 0 Å². The third-order valence-electron chi connectivity index (χ3n) is 3.03. The molecule has 1 aliphatic rings. The van der Waals surface area contributed by atoms with Crippen LogP contribution in [0.2, 0.25) is 5.02 Å². The Labute approximate surface area is 90.3 Å². The highest BCUT2D eigenvalue weighted by molar-refractivity contribution is 6.30. The Morgan fingerprint density at radius 1 is 1.29 bits per heavy atom. The van der Waals surface area contributed by atoms with Gasteiger partial charge in [0.25, 0.3) is 0 Å². The van der Waals surface area contributed by atoms with Gasteiger partial charge in [-0.25, -0.2) is 0 Å². The summed E-state index contributed by atoms with van der Waals surface area (Å²) in [6.45, 7) is 0. The number of hydrogen-bond acceptors (Lipinski definition) is 1. The lowest BCUT2D eigenvalue weighted by Gasteiger charge is -2.26. The summed E-state index contributed by atoms with van der Waals surface area (Å²) in [5, 5.41) is 0.835. The third-order valence-corrected chi connectivity index (χ3v) is 3.27. The van der Waals surface area contributed by atoms with E-state index in [1.54, 1.807) is 0 Å². The molecule has 1 saturated carbocycles. The normalized spacial score (nSPS) is 27.6. The predicted octanol–water partition coefficient (Wildman–Crippen LogP) is 3.32. The zero-order valence-corrected chi connectivity index (χ0v) is 9.00. The fraction of sp³-hybridized carbons (Fsp3) is 0.500. The SMILES string of the molecule is NC1CCCC(c2cccc(Cl)c2)C1. The molecule has 2 rings (SSSR count). The molecule has 0 amide bonds. The largest absolute Gasteiger partial charge is 0.328 e. The van der Waals surface area contributed by atoms with Crippen molar-refractivity contribution in [1.29, 1.82) is 0 Å². The number of halogens is 1. The third kappa shape index (κ3) is 2.28. The highest BCUT2D eigenvalue weighted by atomic mass is 35.5. The van der Waals surface area contributed by atoms with E-state index in [0.29, 0.717) is 12.0 Å². The summed E-state index contributed by atoms with van der Waals surface area (Å²) in [5.74, 6) is 0.623. The highest BCUT2D eigenvalue weighted by Crippen LogP contribution is 2.32. The average Bonchev–Trinajstić information content (AvgIpc) is 2.18. The molecule has 2 atom stereocenters. The Morgan fingerprint density at radius 3 is 2.86 bits per heavy atom. The van der Waals surface area contributed by atoms with E-state index < -0.39 is 0 Å². The molecular formula is C12H16ClN. The van der Waals surface area contributed by atoms with Crippen LogP contribution in [0.1, 0.15) is 37.2 Å². The molecule has 0 saturated heterocycles. The number of hydrogen-bond donors (Lipinski definition) is 1. The lowest BCUT2D eigenvalue weighted by Crippen LogP contribution is -2.26. The topological polar surface area (TPSA) is 26.0 Å². The number of benzene rings is 1. The smallest absolute Gasteiger partial charge is 0.0408 e. The van der Waals surface area contributed by atoms with Gasteiger partial charge in [0.2, 0.25) is 0 Å². The van der Waals surface area contributed by atoms with Crippen molar-refractivity contribution >= 4 is 11.6 Å². The summed E-state index contributed by atoms with van der Waals surface area (Å²) in [5.41, 5.74) is 7.32. The standard InChI is InChI=1S/C12H16ClN/c13-11-5-1-3-9(7-11)10-4-2-6-12(14)8-10/h1,3,5,7,10,12H,2,4,6,8,14H2. The zero-order valence-electron chi connectivity index (χ0n) is 8.25. The van der Waals surface area contributed by atoms with Crippen molar-refractivity contribution in [2.24, 2.45) is 5.73 Å². The molecule has 0 radical (unpaired) electrons. The van der Waals surface area contributed by atoms with Crippen LogP contribution in [0.3, 0.4) is 0 Å². The second-order valence-corrected chi connectivity index (χ2v) is 4.62. The molecule has 1 nitrogen and oxygen atoms in total. The molecule has 1 aromatic carbocycles. The van der Waals surface area contributed by atoms with Gasteiger partial charge in [0.15, 0.2) is 0 Å². The molecule has 14 heavy (non-hydrogen) atoms. The van der Waals surface area contributed by atoms with Gasteiger partial charge in [0.1, 0.15) is 0 Å². The van der Waals surface area contributed by atoms with Gasteiger partial charge in [0, 0.05) is 11.1 Å². The minimum Gasteiger partial charge on any atom is -0.328 e. The maximum atomic E-state index is 5.97. The maximum Gasteiger partial charge on any atom is 0.0408 e. The van der Waals surface area contributed by atoms with Crippen LogP contribution in [0, 0.1) is 0 Å². The number of nitrogens with two attached hydrogens (primary N) is 1. The molecule has 2 unspecified atom stereocenters. The Hall–Kier alpha value is -0.530. The monoisotopic (exact) mass is 209 g/mol. The van der Waals surface area contributed by atoms with E-state index in [-0.39, 0.29) is 0 Å². The molecule has 0 spiro atoms. The van der Waals surface area contributed by atoms with Gasteiger partial charge in [-0.15, -0.1) is 0 Å². The maximum absolute atomic E-state index is 5.97. The van der Waals surface area contributed by atoms with E-state index in [2.05, 4.69) is 12.1 Å². The Morgan fingerprint density at radius 2 is 2.14 bits per heavy atom. The van der Waals surface area contributed by atoms with E-state index in [9.17, 15) is 0 Å². The first-order chi connectivity index (χ1) is 6.75. The van der Waals surface area contributed by atoms with Crippen LogP contribution in [0.25, 0.3) is 0 Å². The second kappa shape index (κ2) is 4.33. The molecule has 0 heterocycles. The number of rotatable bonds is 1. The van der Waals surface area contributed by atoms with Crippen molar-refractivity contribution in [3.05, 3.63) is 34.9 Å². The van der Waals surface area contributed by atoms with Crippen molar-refractivity contribution in [3.63, 3.8) is 0 Å². The van der Waals surface area contributed by atoms with Crippen LogP contribution < -0.4 is 5.73 Å². The molecule has 1 aliphatic carbocycles. The van der Waals surface area contributed by atoms with Crippen LogP contribution in [-0.2, 0) is 0 Å². The molecule has 0 bridgehead atoms. The molecule has 2 N–H and O–H groups in total. The first kappa shape index (κ1) is 10.0. The molecule has 2 heteroatoms. The Balaban J connectivity index is 2.14. The van der Waals surface area contributed by atoms with Gasteiger partial charge < -0.3 is 5.73 Å². The fourth-order valence-electron chi connectivity index (χ4n) is 2.29. The second-order valence-electron chi connectivity index (χ2n) is 4.18. The Kier molecular flexibility index (Phi) is 3.09. The molecule has 1 aromatic rings. The summed E-state index contributed by atoms with van der Waals surface area (Å²) >= 11 is 5.97. The minimum atomic E-state index is 0.382. The van der Waals surface area contributed by atoms with Crippen LogP contribution in [-0.4, -0.2) is 6.04 Å².